The van der Waals surface area contributed by atoms with Crippen molar-refractivity contribution in [3.8, 4) is 0 Å². The number of hydrogen-bond donors (Lipinski definition) is 0. The lowest BCUT2D eigenvalue weighted by atomic mass is 10.3. The summed E-state index contributed by atoms with van der Waals surface area (Å²) < 4.78 is 25.6. The maximum Gasteiger partial charge on any atom is 0.237 e. The van der Waals surface area contributed by atoms with Crippen LogP contribution in [-0.2, 0) is 28.2 Å². The molecule has 2 rings (SSSR count). The van der Waals surface area contributed by atoms with Gasteiger partial charge in [0.1, 0.15) is 5.75 Å². The van der Waals surface area contributed by atoms with Crippen molar-refractivity contribution in [3.63, 3.8) is 0 Å². The zero-order chi connectivity index (χ0) is 17.0. The molecule has 0 aliphatic carbocycles. The van der Waals surface area contributed by atoms with Gasteiger partial charge in [0.05, 0.1) is 11.4 Å². The van der Waals surface area contributed by atoms with Gasteiger partial charge in [-0.1, -0.05) is 0 Å². The quantitative estimate of drug-likeness (QED) is 0.768. The molecule has 0 atom stereocenters. The normalized spacial score (nSPS) is 17.5. The number of carbonyl (C=O) groups is 1. The van der Waals surface area contributed by atoms with Crippen LogP contribution in [0.2, 0.25) is 0 Å². The Morgan fingerprint density at radius 1 is 1.26 bits per heavy atom. The Morgan fingerprint density at radius 3 is 2.61 bits per heavy atom. The summed E-state index contributed by atoms with van der Waals surface area (Å²) in [6.45, 7) is 6.88. The predicted molar refractivity (Wildman–Crippen MR) is 88.6 cm³/mol. The number of nitrogens with zero attached hydrogens (tertiary/aromatic N) is 4. The van der Waals surface area contributed by atoms with Gasteiger partial charge >= 0.3 is 0 Å². The van der Waals surface area contributed by atoms with Crippen molar-refractivity contribution in [2.75, 3.05) is 31.9 Å². The highest BCUT2D eigenvalue weighted by Crippen LogP contribution is 2.10. The van der Waals surface area contributed by atoms with E-state index >= 15 is 0 Å². The zero-order valence-corrected chi connectivity index (χ0v) is 14.9. The third-order valence-corrected chi connectivity index (χ3v) is 6.23. The van der Waals surface area contributed by atoms with Gasteiger partial charge in [0, 0.05) is 51.5 Å². The fraction of sp³-hybridized carbons (Fsp3) is 0.733. The number of aryl methyl sites for hydroxylation is 1. The molecule has 0 N–H and O–H groups in total. The van der Waals surface area contributed by atoms with Crippen LogP contribution in [0, 0.1) is 0 Å². The van der Waals surface area contributed by atoms with E-state index in [-0.39, 0.29) is 11.7 Å². The molecule has 1 aromatic rings. The number of rotatable bonds is 5. The van der Waals surface area contributed by atoms with E-state index < -0.39 is 15.1 Å². The van der Waals surface area contributed by atoms with Crippen LogP contribution in [-0.4, -0.2) is 71.1 Å². The summed E-state index contributed by atoms with van der Waals surface area (Å²) in [5.41, 5.74) is 1.15. The molecule has 0 aromatic carbocycles. The number of hydrogen-bond acceptors (Lipinski definition) is 5. The summed E-state index contributed by atoms with van der Waals surface area (Å²) in [4.78, 5) is 16.2. The van der Waals surface area contributed by atoms with Crippen molar-refractivity contribution in [2.24, 2.45) is 7.05 Å². The molecule has 0 spiro atoms. The molecular formula is C15H26N4O3S. The van der Waals surface area contributed by atoms with Gasteiger partial charge in [-0.3, -0.25) is 14.4 Å². The molecule has 1 amide bonds. The second-order valence-corrected chi connectivity index (χ2v) is 8.95. The van der Waals surface area contributed by atoms with Crippen molar-refractivity contribution in [1.29, 1.82) is 0 Å². The van der Waals surface area contributed by atoms with Crippen molar-refractivity contribution in [3.05, 3.63) is 18.0 Å². The van der Waals surface area contributed by atoms with E-state index in [1.54, 1.807) is 23.4 Å². The molecule has 1 aliphatic rings. The van der Waals surface area contributed by atoms with E-state index in [1.807, 2.05) is 19.4 Å². The molecule has 130 valence electrons. The molecule has 0 saturated carbocycles. The zero-order valence-electron chi connectivity index (χ0n) is 14.1. The van der Waals surface area contributed by atoms with Crippen LogP contribution in [0.15, 0.2) is 12.4 Å². The van der Waals surface area contributed by atoms with E-state index in [2.05, 4.69) is 10.00 Å². The van der Waals surface area contributed by atoms with E-state index in [0.717, 1.165) is 31.6 Å². The topological polar surface area (TPSA) is 75.5 Å². The molecule has 1 saturated heterocycles. The Hall–Kier alpha value is -1.41. The van der Waals surface area contributed by atoms with Crippen molar-refractivity contribution in [2.45, 2.75) is 32.1 Å². The fourth-order valence-corrected chi connectivity index (χ4v) is 3.48. The average molecular weight is 342 g/mol. The Kier molecular flexibility index (Phi) is 5.80. The maximum atomic E-state index is 12.3. The van der Waals surface area contributed by atoms with Gasteiger partial charge in [0.15, 0.2) is 9.84 Å². The van der Waals surface area contributed by atoms with E-state index in [1.165, 1.54) is 0 Å². The Labute approximate surface area is 138 Å². The molecule has 8 heteroatoms. The largest absolute Gasteiger partial charge is 0.340 e. The molecule has 1 fully saturated rings. The summed E-state index contributed by atoms with van der Waals surface area (Å²) in [5, 5.41) is 3.65. The molecule has 1 aliphatic heterocycles. The highest BCUT2D eigenvalue weighted by molar-refractivity contribution is 7.92. The first-order chi connectivity index (χ1) is 10.8. The summed E-state index contributed by atoms with van der Waals surface area (Å²) >= 11 is 0. The molecule has 0 unspecified atom stereocenters. The lowest BCUT2D eigenvalue weighted by molar-refractivity contribution is -0.128. The minimum atomic E-state index is -3.33. The molecule has 7 nitrogen and oxygen atoms in total. The van der Waals surface area contributed by atoms with Crippen molar-refractivity contribution < 1.29 is 13.2 Å². The maximum absolute atomic E-state index is 12.3. The van der Waals surface area contributed by atoms with Crippen LogP contribution < -0.4 is 0 Å². The standard InChI is InChI=1S/C15H26N4O3S/c1-13(2)23(21,22)12-15(20)19-6-4-5-18(7-8-19)11-14-9-16-17(3)10-14/h9-10,13H,4-8,11-12H2,1-3H3. The highest BCUT2D eigenvalue weighted by atomic mass is 32.2. The Bertz CT molecular complexity index is 639. The SMILES string of the molecule is CC(C)S(=O)(=O)CC(=O)N1CCCN(Cc2cnn(C)c2)CC1. The first kappa shape index (κ1) is 17.9. The number of aromatic nitrogens is 2. The molecule has 2 heterocycles. The number of sulfone groups is 1. The summed E-state index contributed by atoms with van der Waals surface area (Å²) in [7, 11) is -1.44. The minimum Gasteiger partial charge on any atom is -0.340 e. The lowest BCUT2D eigenvalue weighted by Crippen LogP contribution is -2.39. The smallest absolute Gasteiger partial charge is 0.237 e. The van der Waals surface area contributed by atoms with E-state index in [0.29, 0.717) is 13.1 Å². The van der Waals surface area contributed by atoms with Crippen molar-refractivity contribution >= 4 is 15.7 Å². The fourth-order valence-electron chi connectivity index (χ4n) is 2.62. The second-order valence-electron chi connectivity index (χ2n) is 6.39. The van der Waals surface area contributed by atoms with Crippen molar-refractivity contribution in [1.82, 2.24) is 19.6 Å². The predicted octanol–water partition coefficient (Wildman–Crippen LogP) is 0.278. The summed E-state index contributed by atoms with van der Waals surface area (Å²) in [5.74, 6) is -0.658. The van der Waals surface area contributed by atoms with Gasteiger partial charge in [-0.15, -0.1) is 0 Å². The summed E-state index contributed by atoms with van der Waals surface area (Å²) in [6, 6.07) is 0. The van der Waals surface area contributed by atoms with Gasteiger partial charge in [-0.05, 0) is 20.3 Å². The number of amides is 1. The highest BCUT2D eigenvalue weighted by Gasteiger charge is 2.26. The first-order valence-corrected chi connectivity index (χ1v) is 9.68. The van der Waals surface area contributed by atoms with Crippen LogP contribution >= 0.6 is 0 Å². The molecule has 0 radical (unpaired) electrons. The Morgan fingerprint density at radius 2 is 2.00 bits per heavy atom. The molecule has 1 aromatic heterocycles. The van der Waals surface area contributed by atoms with Crippen LogP contribution in [0.1, 0.15) is 25.8 Å². The average Bonchev–Trinajstić information content (AvgIpc) is 2.72. The lowest BCUT2D eigenvalue weighted by Gasteiger charge is -2.22. The van der Waals surface area contributed by atoms with Gasteiger partial charge in [0.2, 0.25) is 5.91 Å². The molecule has 23 heavy (non-hydrogen) atoms. The molecular weight excluding hydrogens is 316 g/mol. The monoisotopic (exact) mass is 342 g/mol. The third-order valence-electron chi connectivity index (χ3n) is 4.15. The Balaban J connectivity index is 1.89. The van der Waals surface area contributed by atoms with Crippen LogP contribution in [0.5, 0.6) is 0 Å². The summed E-state index contributed by atoms with van der Waals surface area (Å²) in [6.07, 6.45) is 4.69. The minimum absolute atomic E-state index is 0.276. The van der Waals surface area contributed by atoms with Gasteiger partial charge in [-0.2, -0.15) is 5.10 Å². The van der Waals surface area contributed by atoms with Crippen LogP contribution in [0.3, 0.4) is 0 Å². The van der Waals surface area contributed by atoms with Gasteiger partial charge in [-0.25, -0.2) is 8.42 Å². The third kappa shape index (κ3) is 5.04. The van der Waals surface area contributed by atoms with Gasteiger partial charge in [0.25, 0.3) is 0 Å². The number of carbonyl (C=O) groups excluding carboxylic acids is 1. The van der Waals surface area contributed by atoms with Gasteiger partial charge < -0.3 is 4.90 Å². The van der Waals surface area contributed by atoms with E-state index in [9.17, 15) is 13.2 Å². The molecule has 0 bridgehead atoms. The second kappa shape index (κ2) is 7.44. The van der Waals surface area contributed by atoms with E-state index in [4.69, 9.17) is 0 Å². The first-order valence-electron chi connectivity index (χ1n) is 7.97. The van der Waals surface area contributed by atoms with Crippen LogP contribution in [0.4, 0.5) is 0 Å². The van der Waals surface area contributed by atoms with Crippen LogP contribution in [0.25, 0.3) is 0 Å².